The van der Waals surface area contributed by atoms with E-state index in [1.54, 1.807) is 0 Å². The van der Waals surface area contributed by atoms with Crippen LogP contribution in [0.3, 0.4) is 0 Å². The van der Waals surface area contributed by atoms with Crippen LogP contribution in [0, 0.1) is 13.8 Å². The molecule has 0 N–H and O–H groups in total. The molecular formula is C24H23N. The molecule has 0 bridgehead atoms. The molecule has 0 saturated carbocycles. The highest BCUT2D eigenvalue weighted by Gasteiger charge is 2.16. The summed E-state index contributed by atoms with van der Waals surface area (Å²) in [6.45, 7) is 10.3. The van der Waals surface area contributed by atoms with Crippen molar-refractivity contribution in [1.29, 1.82) is 0 Å². The second-order valence-electron chi connectivity index (χ2n) is 6.37. The van der Waals surface area contributed by atoms with E-state index in [9.17, 15) is 0 Å². The lowest BCUT2D eigenvalue weighted by atomic mass is 9.88. The Bertz CT molecular complexity index is 933. The minimum absolute atomic E-state index is 0.802. The predicted octanol–water partition coefficient (Wildman–Crippen LogP) is 6.34. The maximum atomic E-state index is 4.80. The van der Waals surface area contributed by atoms with E-state index in [4.69, 9.17) is 4.99 Å². The van der Waals surface area contributed by atoms with Gasteiger partial charge < -0.3 is 0 Å². The number of aliphatic imine (C=N–C) groups is 1. The van der Waals surface area contributed by atoms with Gasteiger partial charge in [0.1, 0.15) is 0 Å². The summed E-state index contributed by atoms with van der Waals surface area (Å²) in [5.74, 6) is 0. The fraction of sp³-hybridized carbons (Fsp3) is 0.125. The average molecular weight is 325 g/mol. The Morgan fingerprint density at radius 3 is 2.08 bits per heavy atom. The second kappa shape index (κ2) is 7.31. The van der Waals surface area contributed by atoms with Gasteiger partial charge in [0.05, 0.1) is 5.71 Å². The van der Waals surface area contributed by atoms with Crippen molar-refractivity contribution in [1.82, 2.24) is 0 Å². The zero-order chi connectivity index (χ0) is 17.8. The minimum Gasteiger partial charge on any atom is -0.253 e. The Morgan fingerprint density at radius 1 is 0.760 bits per heavy atom. The summed E-state index contributed by atoms with van der Waals surface area (Å²) in [6, 6.07) is 25.3. The Kier molecular flexibility index (Phi) is 4.95. The molecule has 3 rings (SSSR count). The van der Waals surface area contributed by atoms with Gasteiger partial charge in [0.15, 0.2) is 0 Å². The normalized spacial score (nSPS) is 11.4. The van der Waals surface area contributed by atoms with Crippen LogP contribution >= 0.6 is 0 Å². The molecule has 0 unspecified atom stereocenters. The fourth-order valence-electron chi connectivity index (χ4n) is 3.14. The summed E-state index contributed by atoms with van der Waals surface area (Å²) in [6.07, 6.45) is 0. The Labute approximate surface area is 150 Å². The van der Waals surface area contributed by atoms with Gasteiger partial charge in [-0.05, 0) is 43.0 Å². The first-order valence-electron chi connectivity index (χ1n) is 8.53. The smallest absolute Gasteiger partial charge is 0.0783 e. The van der Waals surface area contributed by atoms with Gasteiger partial charge in [-0.1, -0.05) is 79.4 Å². The van der Waals surface area contributed by atoms with Crippen LogP contribution in [0.1, 0.15) is 29.2 Å². The van der Waals surface area contributed by atoms with Crippen molar-refractivity contribution in [2.24, 2.45) is 4.99 Å². The Balaban J connectivity index is 2.31. The molecule has 3 aromatic carbocycles. The van der Waals surface area contributed by atoms with E-state index in [-0.39, 0.29) is 0 Å². The third-order valence-corrected chi connectivity index (χ3v) is 4.29. The van der Waals surface area contributed by atoms with Crippen molar-refractivity contribution in [3.8, 4) is 11.1 Å². The molecule has 1 nitrogen and oxygen atoms in total. The predicted molar refractivity (Wildman–Crippen MR) is 108 cm³/mol. The highest BCUT2D eigenvalue weighted by atomic mass is 14.7. The molecule has 0 aliphatic heterocycles. The minimum atomic E-state index is 0.802. The average Bonchev–Trinajstić information content (AvgIpc) is 2.61. The standard InChI is InChI=1S/C24H23N/c1-17(2)25-24(20-13-6-5-7-14-20)22-16-10-12-19(4)23(22)21-15-9-8-11-18(21)3/h5-16H,1H2,2-4H3. The van der Waals surface area contributed by atoms with E-state index in [1.165, 1.54) is 22.3 Å². The van der Waals surface area contributed by atoms with Crippen LogP contribution in [0.5, 0.6) is 0 Å². The quantitative estimate of drug-likeness (QED) is 0.496. The summed E-state index contributed by atoms with van der Waals surface area (Å²) in [4.78, 5) is 4.80. The van der Waals surface area contributed by atoms with E-state index in [0.717, 1.165) is 22.5 Å². The molecule has 124 valence electrons. The highest BCUT2D eigenvalue weighted by molar-refractivity contribution is 6.17. The van der Waals surface area contributed by atoms with Gasteiger partial charge in [0.25, 0.3) is 0 Å². The summed E-state index contributed by atoms with van der Waals surface area (Å²) in [5.41, 5.74) is 9.02. The van der Waals surface area contributed by atoms with E-state index in [2.05, 4.69) is 75.0 Å². The summed E-state index contributed by atoms with van der Waals surface area (Å²) >= 11 is 0. The first kappa shape index (κ1) is 16.9. The van der Waals surface area contributed by atoms with Crippen molar-refractivity contribution in [2.75, 3.05) is 0 Å². The zero-order valence-corrected chi connectivity index (χ0v) is 15.1. The molecule has 3 aromatic rings. The van der Waals surface area contributed by atoms with Crippen molar-refractivity contribution in [2.45, 2.75) is 20.8 Å². The van der Waals surface area contributed by atoms with Crippen LogP contribution in [-0.4, -0.2) is 5.71 Å². The summed E-state index contributed by atoms with van der Waals surface area (Å²) in [7, 11) is 0. The lowest BCUT2D eigenvalue weighted by Crippen LogP contribution is -2.07. The molecule has 0 radical (unpaired) electrons. The number of rotatable bonds is 4. The van der Waals surface area contributed by atoms with Crippen LogP contribution in [0.15, 0.2) is 90.1 Å². The lowest BCUT2D eigenvalue weighted by Gasteiger charge is -2.17. The van der Waals surface area contributed by atoms with E-state index >= 15 is 0 Å². The van der Waals surface area contributed by atoms with Gasteiger partial charge in [0.2, 0.25) is 0 Å². The molecule has 0 fully saturated rings. The zero-order valence-electron chi connectivity index (χ0n) is 15.1. The Hall–Kier alpha value is -2.93. The van der Waals surface area contributed by atoms with E-state index in [0.29, 0.717) is 0 Å². The van der Waals surface area contributed by atoms with Gasteiger partial charge in [-0.15, -0.1) is 0 Å². The SMILES string of the molecule is C=C(C)N=C(c1ccccc1)c1cccc(C)c1-c1ccccc1C. The molecule has 1 heteroatoms. The van der Waals surface area contributed by atoms with Crippen LogP contribution < -0.4 is 0 Å². The van der Waals surface area contributed by atoms with Gasteiger partial charge >= 0.3 is 0 Å². The third-order valence-electron chi connectivity index (χ3n) is 4.29. The molecule has 0 atom stereocenters. The molecule has 0 aromatic heterocycles. The maximum Gasteiger partial charge on any atom is 0.0783 e. The van der Waals surface area contributed by atoms with E-state index < -0.39 is 0 Å². The van der Waals surface area contributed by atoms with Crippen LogP contribution in [-0.2, 0) is 0 Å². The van der Waals surface area contributed by atoms with Gasteiger partial charge in [-0.2, -0.15) is 0 Å². The van der Waals surface area contributed by atoms with Gasteiger partial charge in [-0.3, -0.25) is 4.99 Å². The first-order chi connectivity index (χ1) is 12.1. The molecule has 0 spiro atoms. The molecule has 0 aliphatic carbocycles. The first-order valence-corrected chi connectivity index (χ1v) is 8.53. The largest absolute Gasteiger partial charge is 0.253 e. The van der Waals surface area contributed by atoms with Crippen molar-refractivity contribution >= 4 is 5.71 Å². The molecule has 0 amide bonds. The highest BCUT2D eigenvalue weighted by Crippen LogP contribution is 2.32. The maximum absolute atomic E-state index is 4.80. The van der Waals surface area contributed by atoms with Gasteiger partial charge in [0, 0.05) is 16.8 Å². The second-order valence-corrected chi connectivity index (χ2v) is 6.37. The number of hydrogen-bond donors (Lipinski definition) is 0. The molecule has 0 aliphatic rings. The summed E-state index contributed by atoms with van der Waals surface area (Å²) < 4.78 is 0. The molecule has 0 heterocycles. The molecule has 25 heavy (non-hydrogen) atoms. The van der Waals surface area contributed by atoms with Crippen LogP contribution in [0.2, 0.25) is 0 Å². The number of hydrogen-bond acceptors (Lipinski definition) is 1. The summed E-state index contributed by atoms with van der Waals surface area (Å²) in [5, 5.41) is 0. The van der Waals surface area contributed by atoms with Crippen molar-refractivity contribution in [3.05, 3.63) is 107 Å². The topological polar surface area (TPSA) is 12.4 Å². The number of nitrogens with zero attached hydrogens (tertiary/aromatic N) is 1. The number of aryl methyl sites for hydroxylation is 2. The lowest BCUT2D eigenvalue weighted by molar-refractivity contribution is 1.31. The van der Waals surface area contributed by atoms with Gasteiger partial charge in [-0.25, -0.2) is 0 Å². The fourth-order valence-corrected chi connectivity index (χ4v) is 3.14. The van der Waals surface area contributed by atoms with Crippen molar-refractivity contribution < 1.29 is 0 Å². The number of benzene rings is 3. The monoisotopic (exact) mass is 325 g/mol. The number of allylic oxidation sites excluding steroid dienone is 1. The van der Waals surface area contributed by atoms with Crippen LogP contribution in [0.25, 0.3) is 11.1 Å². The van der Waals surface area contributed by atoms with Crippen molar-refractivity contribution in [3.63, 3.8) is 0 Å². The molecular weight excluding hydrogens is 302 g/mol. The molecule has 0 saturated heterocycles. The van der Waals surface area contributed by atoms with Crippen LogP contribution in [0.4, 0.5) is 0 Å². The van der Waals surface area contributed by atoms with E-state index in [1.807, 2.05) is 25.1 Å². The third kappa shape index (κ3) is 3.61. The Morgan fingerprint density at radius 2 is 1.40 bits per heavy atom.